The third-order valence-corrected chi connectivity index (χ3v) is 6.44. The van der Waals surface area contributed by atoms with Crippen LogP contribution in [0, 0.1) is 12.7 Å². The Labute approximate surface area is 202 Å². The Kier molecular flexibility index (Phi) is 6.04. The summed E-state index contributed by atoms with van der Waals surface area (Å²) in [6, 6.07) is 12.2. The van der Waals surface area contributed by atoms with Gasteiger partial charge >= 0.3 is 0 Å². The molecule has 2 aromatic heterocycles. The van der Waals surface area contributed by atoms with Crippen LogP contribution in [-0.2, 0) is 10.3 Å². The molecule has 8 nitrogen and oxygen atoms in total. The number of hydrogen-bond acceptors (Lipinski definition) is 8. The molecule has 1 atom stereocenters. The topological polar surface area (TPSA) is 93.5 Å². The highest BCUT2D eigenvalue weighted by atomic mass is 19.1. The Bertz CT molecular complexity index is 1370. The van der Waals surface area contributed by atoms with Crippen molar-refractivity contribution in [2.75, 3.05) is 38.3 Å². The molecule has 1 unspecified atom stereocenters. The lowest BCUT2D eigenvalue weighted by Gasteiger charge is -2.29. The highest BCUT2D eigenvalue weighted by Crippen LogP contribution is 2.36. The van der Waals surface area contributed by atoms with E-state index in [2.05, 4.69) is 25.1 Å². The number of aliphatic hydroxyl groups is 1. The second-order valence-electron chi connectivity index (χ2n) is 8.70. The molecule has 35 heavy (non-hydrogen) atoms. The van der Waals surface area contributed by atoms with Crippen LogP contribution in [0.5, 0.6) is 5.88 Å². The predicted molar refractivity (Wildman–Crippen MR) is 130 cm³/mol. The van der Waals surface area contributed by atoms with E-state index < -0.39 is 11.4 Å². The Morgan fingerprint density at radius 3 is 2.57 bits per heavy atom. The van der Waals surface area contributed by atoms with Crippen LogP contribution < -0.4 is 9.64 Å². The molecule has 1 saturated heterocycles. The Balaban J connectivity index is 1.59. The van der Waals surface area contributed by atoms with E-state index in [1.54, 1.807) is 32.0 Å². The fourth-order valence-corrected chi connectivity index (χ4v) is 4.48. The number of rotatable bonds is 5. The Morgan fingerprint density at radius 1 is 1.06 bits per heavy atom. The van der Waals surface area contributed by atoms with Crippen LogP contribution >= 0.6 is 0 Å². The number of benzene rings is 2. The van der Waals surface area contributed by atoms with E-state index in [1.807, 2.05) is 18.2 Å². The summed E-state index contributed by atoms with van der Waals surface area (Å²) in [7, 11) is 1.49. The summed E-state index contributed by atoms with van der Waals surface area (Å²) in [4.78, 5) is 11.1. The van der Waals surface area contributed by atoms with Crippen molar-refractivity contribution in [3.05, 3.63) is 71.4 Å². The van der Waals surface area contributed by atoms with Crippen LogP contribution in [0.1, 0.15) is 23.7 Å². The quantitative estimate of drug-likeness (QED) is 0.468. The molecule has 0 amide bonds. The maximum absolute atomic E-state index is 15.3. The summed E-state index contributed by atoms with van der Waals surface area (Å²) in [6.07, 6.45) is 1.44. The van der Waals surface area contributed by atoms with Gasteiger partial charge in [0, 0.05) is 35.8 Å². The molecule has 180 valence electrons. The highest BCUT2D eigenvalue weighted by Gasteiger charge is 2.31. The molecular weight excluding hydrogens is 449 g/mol. The molecule has 1 N–H and O–H groups in total. The smallest absolute Gasteiger partial charge is 0.233 e. The number of methoxy groups -OCH3 is 1. The minimum atomic E-state index is -1.52. The van der Waals surface area contributed by atoms with Crippen LogP contribution in [0.3, 0.4) is 0 Å². The zero-order valence-electron chi connectivity index (χ0n) is 19.8. The van der Waals surface area contributed by atoms with Crippen LogP contribution in [0.4, 0.5) is 10.1 Å². The normalized spacial score (nSPS) is 15.7. The first-order chi connectivity index (χ1) is 16.9. The molecule has 3 heterocycles. The molecule has 5 rings (SSSR count). The van der Waals surface area contributed by atoms with Crippen molar-refractivity contribution < 1.29 is 19.0 Å². The summed E-state index contributed by atoms with van der Waals surface area (Å²) in [6.45, 7) is 6.35. The van der Waals surface area contributed by atoms with Gasteiger partial charge in [0.15, 0.2) is 0 Å². The van der Waals surface area contributed by atoms with Gasteiger partial charge in [0.25, 0.3) is 0 Å². The summed E-state index contributed by atoms with van der Waals surface area (Å²) >= 11 is 0. The van der Waals surface area contributed by atoms with Crippen molar-refractivity contribution in [1.29, 1.82) is 0 Å². The average molecular weight is 476 g/mol. The molecule has 9 heteroatoms. The van der Waals surface area contributed by atoms with Crippen molar-refractivity contribution in [3.8, 4) is 17.1 Å². The van der Waals surface area contributed by atoms with E-state index in [0.29, 0.717) is 47.1 Å². The molecule has 2 aromatic carbocycles. The third-order valence-electron chi connectivity index (χ3n) is 6.44. The van der Waals surface area contributed by atoms with E-state index in [-0.39, 0.29) is 5.56 Å². The van der Waals surface area contributed by atoms with E-state index in [0.717, 1.165) is 24.2 Å². The van der Waals surface area contributed by atoms with Gasteiger partial charge in [0.2, 0.25) is 5.88 Å². The average Bonchev–Trinajstić information content (AvgIpc) is 2.88. The minimum absolute atomic E-state index is 0.277. The van der Waals surface area contributed by atoms with Crippen molar-refractivity contribution in [2.24, 2.45) is 0 Å². The van der Waals surface area contributed by atoms with Gasteiger partial charge in [0.1, 0.15) is 17.7 Å². The van der Waals surface area contributed by atoms with E-state index >= 15 is 4.39 Å². The first-order valence-electron chi connectivity index (χ1n) is 11.4. The Morgan fingerprint density at radius 2 is 1.86 bits per heavy atom. The molecule has 0 aliphatic carbocycles. The van der Waals surface area contributed by atoms with E-state index in [4.69, 9.17) is 9.47 Å². The van der Waals surface area contributed by atoms with Gasteiger partial charge in [0.05, 0.1) is 37.2 Å². The number of morpholine rings is 1. The van der Waals surface area contributed by atoms with E-state index in [9.17, 15) is 5.11 Å². The standard InChI is InChI=1S/C26H26FN5O3/c1-16-12-21(27)19(14-20(16)26(2,33)23-6-7-24(34-3)31-30-23)25-18-5-4-17(13-22(18)28-15-29-25)32-8-10-35-11-9-32/h4-7,12-15,33H,8-11H2,1-3H3. The lowest BCUT2D eigenvalue weighted by Crippen LogP contribution is -2.36. The minimum Gasteiger partial charge on any atom is -0.480 e. The van der Waals surface area contributed by atoms with Crippen LogP contribution in [-0.4, -0.2) is 58.7 Å². The molecule has 0 bridgehead atoms. The van der Waals surface area contributed by atoms with Crippen LogP contribution in [0.25, 0.3) is 22.2 Å². The van der Waals surface area contributed by atoms with Crippen LogP contribution in [0.15, 0.2) is 48.8 Å². The first kappa shape index (κ1) is 23.1. The molecule has 4 aromatic rings. The second kappa shape index (κ2) is 9.16. The maximum Gasteiger partial charge on any atom is 0.233 e. The third kappa shape index (κ3) is 4.28. The first-order valence-corrected chi connectivity index (χ1v) is 11.4. The summed E-state index contributed by atoms with van der Waals surface area (Å²) < 4.78 is 25.8. The van der Waals surface area contributed by atoms with Crippen molar-refractivity contribution >= 4 is 16.6 Å². The number of anilines is 1. The number of nitrogens with zero attached hydrogens (tertiary/aromatic N) is 5. The lowest BCUT2D eigenvalue weighted by molar-refractivity contribution is 0.0953. The number of ether oxygens (including phenoxy) is 2. The van der Waals surface area contributed by atoms with Crippen molar-refractivity contribution in [1.82, 2.24) is 20.2 Å². The number of hydrogen-bond donors (Lipinski definition) is 1. The molecule has 1 aliphatic rings. The largest absolute Gasteiger partial charge is 0.480 e. The predicted octanol–water partition coefficient (Wildman–Crippen LogP) is 3.64. The molecule has 0 saturated carbocycles. The fourth-order valence-electron chi connectivity index (χ4n) is 4.48. The van der Waals surface area contributed by atoms with Gasteiger partial charge in [-0.2, -0.15) is 0 Å². The second-order valence-corrected chi connectivity index (χ2v) is 8.70. The fraction of sp³-hybridized carbons (Fsp3) is 0.308. The monoisotopic (exact) mass is 475 g/mol. The number of aromatic nitrogens is 4. The highest BCUT2D eigenvalue weighted by molar-refractivity contribution is 5.94. The Hall–Kier alpha value is -3.69. The number of halogens is 1. The molecule has 1 aliphatic heterocycles. The SMILES string of the molecule is COc1ccc(C(C)(O)c2cc(-c3ncnc4cc(N5CCOCC5)ccc34)c(F)cc2C)nn1. The number of aryl methyl sites for hydroxylation is 1. The zero-order chi connectivity index (χ0) is 24.6. The van der Waals surface area contributed by atoms with Crippen molar-refractivity contribution in [2.45, 2.75) is 19.4 Å². The molecule has 0 spiro atoms. The zero-order valence-corrected chi connectivity index (χ0v) is 19.8. The summed E-state index contributed by atoms with van der Waals surface area (Å²) in [5.74, 6) is -0.0925. The summed E-state index contributed by atoms with van der Waals surface area (Å²) in [5.41, 5.74) is 2.38. The van der Waals surface area contributed by atoms with Gasteiger partial charge in [-0.3, -0.25) is 0 Å². The van der Waals surface area contributed by atoms with Crippen LogP contribution in [0.2, 0.25) is 0 Å². The summed E-state index contributed by atoms with van der Waals surface area (Å²) in [5, 5.41) is 20.2. The lowest BCUT2D eigenvalue weighted by atomic mass is 9.86. The van der Waals surface area contributed by atoms with Gasteiger partial charge in [-0.25, -0.2) is 14.4 Å². The van der Waals surface area contributed by atoms with Gasteiger partial charge in [-0.15, -0.1) is 10.2 Å². The van der Waals surface area contributed by atoms with E-state index in [1.165, 1.54) is 19.5 Å². The van der Waals surface area contributed by atoms with Gasteiger partial charge < -0.3 is 19.5 Å². The molecular formula is C26H26FN5O3. The molecule has 1 fully saturated rings. The maximum atomic E-state index is 15.3. The molecule has 0 radical (unpaired) electrons. The number of fused-ring (bicyclic) bond motifs is 1. The van der Waals surface area contributed by atoms with Crippen molar-refractivity contribution in [3.63, 3.8) is 0 Å². The van der Waals surface area contributed by atoms with Gasteiger partial charge in [-0.05, 0) is 61.4 Å². The van der Waals surface area contributed by atoms with Gasteiger partial charge in [-0.1, -0.05) is 0 Å².